The van der Waals surface area contributed by atoms with Crippen LogP contribution < -0.4 is 5.32 Å². The third-order valence-electron chi connectivity index (χ3n) is 4.19. The topological polar surface area (TPSA) is 57.9 Å². The quantitative estimate of drug-likeness (QED) is 0.893. The van der Waals surface area contributed by atoms with Gasteiger partial charge in [0, 0.05) is 12.6 Å². The Morgan fingerprint density at radius 1 is 1.48 bits per heavy atom. The van der Waals surface area contributed by atoms with Crippen molar-refractivity contribution in [3.05, 3.63) is 22.8 Å². The second-order valence-electron chi connectivity index (χ2n) is 5.49. The number of halogens is 1. The first-order chi connectivity index (χ1) is 10.2. The molecule has 2 atom stereocenters. The standard InChI is InChI=1S/C16H22ClN3O/c1-3-11(4-2)15-9-12(7-8-21-15)19-16-6-5-13(17)14(10-18)20-16/h5-6,11-12,15H,3-4,7-9H2,1-2H3,(H,19,20). The van der Waals surface area contributed by atoms with Crippen LogP contribution in [0, 0.1) is 17.2 Å². The third-order valence-corrected chi connectivity index (χ3v) is 4.50. The lowest BCUT2D eigenvalue weighted by molar-refractivity contribution is -0.0271. The highest BCUT2D eigenvalue weighted by atomic mass is 35.5. The molecule has 1 fully saturated rings. The minimum absolute atomic E-state index is 0.269. The molecule has 0 radical (unpaired) electrons. The molecule has 1 saturated heterocycles. The maximum atomic E-state index is 8.98. The number of rotatable bonds is 5. The minimum Gasteiger partial charge on any atom is -0.378 e. The maximum absolute atomic E-state index is 8.98. The van der Waals surface area contributed by atoms with Gasteiger partial charge in [-0.05, 0) is 30.9 Å². The summed E-state index contributed by atoms with van der Waals surface area (Å²) in [5, 5.41) is 12.8. The van der Waals surface area contributed by atoms with Gasteiger partial charge in [0.25, 0.3) is 0 Å². The molecule has 5 heteroatoms. The summed E-state index contributed by atoms with van der Waals surface area (Å²) in [6.07, 6.45) is 4.55. The van der Waals surface area contributed by atoms with Crippen molar-refractivity contribution < 1.29 is 4.74 Å². The summed E-state index contributed by atoms with van der Waals surface area (Å²) in [5.41, 5.74) is 0.269. The molecule has 0 aliphatic carbocycles. The summed E-state index contributed by atoms with van der Waals surface area (Å²) in [7, 11) is 0. The highest BCUT2D eigenvalue weighted by molar-refractivity contribution is 6.31. The molecule has 2 rings (SSSR count). The van der Waals surface area contributed by atoms with Crippen molar-refractivity contribution in [1.82, 2.24) is 4.98 Å². The summed E-state index contributed by atoms with van der Waals surface area (Å²) in [6.45, 7) is 5.21. The molecule has 1 aromatic rings. The fourth-order valence-corrected chi connectivity index (χ4v) is 3.06. The van der Waals surface area contributed by atoms with Crippen LogP contribution in [0.25, 0.3) is 0 Å². The van der Waals surface area contributed by atoms with Gasteiger partial charge in [-0.2, -0.15) is 5.26 Å². The van der Waals surface area contributed by atoms with Crippen molar-refractivity contribution >= 4 is 17.4 Å². The monoisotopic (exact) mass is 307 g/mol. The van der Waals surface area contributed by atoms with Gasteiger partial charge in [-0.15, -0.1) is 0 Å². The molecule has 1 aromatic heterocycles. The number of anilines is 1. The van der Waals surface area contributed by atoms with Crippen LogP contribution in [0.1, 0.15) is 45.2 Å². The van der Waals surface area contributed by atoms with Crippen molar-refractivity contribution in [3.8, 4) is 6.07 Å². The zero-order valence-corrected chi connectivity index (χ0v) is 13.4. The predicted octanol–water partition coefficient (Wildman–Crippen LogP) is 4.00. The molecule has 2 unspecified atom stereocenters. The summed E-state index contributed by atoms with van der Waals surface area (Å²) >= 11 is 5.91. The van der Waals surface area contributed by atoms with Crippen LogP contribution in [0.5, 0.6) is 0 Å². The molecule has 1 aliphatic rings. The number of hydrogen-bond acceptors (Lipinski definition) is 4. The van der Waals surface area contributed by atoms with Crippen molar-refractivity contribution in [2.45, 2.75) is 51.7 Å². The normalized spacial score (nSPS) is 22.0. The van der Waals surface area contributed by atoms with E-state index in [1.807, 2.05) is 12.1 Å². The number of hydrogen-bond donors (Lipinski definition) is 1. The van der Waals surface area contributed by atoms with Crippen LogP contribution in [0.3, 0.4) is 0 Å². The van der Waals surface area contributed by atoms with E-state index < -0.39 is 0 Å². The van der Waals surface area contributed by atoms with E-state index in [0.29, 0.717) is 28.9 Å². The molecule has 2 heterocycles. The second-order valence-corrected chi connectivity index (χ2v) is 5.90. The highest BCUT2D eigenvalue weighted by Gasteiger charge is 2.27. The average molecular weight is 308 g/mol. The lowest BCUT2D eigenvalue weighted by Crippen LogP contribution is -2.38. The van der Waals surface area contributed by atoms with Crippen molar-refractivity contribution in [2.24, 2.45) is 5.92 Å². The van der Waals surface area contributed by atoms with E-state index in [0.717, 1.165) is 32.3 Å². The number of nitrogens with zero attached hydrogens (tertiary/aromatic N) is 2. The lowest BCUT2D eigenvalue weighted by Gasteiger charge is -2.34. The number of pyridine rings is 1. The molecule has 0 spiro atoms. The Labute approximate surface area is 131 Å². The molecule has 4 nitrogen and oxygen atoms in total. The van der Waals surface area contributed by atoms with Gasteiger partial charge in [-0.25, -0.2) is 4.98 Å². The van der Waals surface area contributed by atoms with Crippen LogP contribution in [0.4, 0.5) is 5.82 Å². The first kappa shape index (κ1) is 16.1. The molecule has 1 N–H and O–H groups in total. The lowest BCUT2D eigenvalue weighted by atomic mass is 9.89. The highest BCUT2D eigenvalue weighted by Crippen LogP contribution is 2.27. The van der Waals surface area contributed by atoms with Gasteiger partial charge in [0.05, 0.1) is 11.1 Å². The maximum Gasteiger partial charge on any atom is 0.161 e. The Bertz CT molecular complexity index is 511. The Balaban J connectivity index is 2.01. The van der Waals surface area contributed by atoms with Gasteiger partial charge >= 0.3 is 0 Å². The largest absolute Gasteiger partial charge is 0.378 e. The predicted molar refractivity (Wildman–Crippen MR) is 84.4 cm³/mol. The van der Waals surface area contributed by atoms with E-state index in [2.05, 4.69) is 24.1 Å². The van der Waals surface area contributed by atoms with E-state index in [-0.39, 0.29) is 5.69 Å². The minimum atomic E-state index is 0.269. The van der Waals surface area contributed by atoms with Gasteiger partial charge < -0.3 is 10.1 Å². The summed E-state index contributed by atoms with van der Waals surface area (Å²) in [5.74, 6) is 1.33. The Hall–Kier alpha value is -1.31. The number of ether oxygens (including phenoxy) is 1. The number of aromatic nitrogens is 1. The van der Waals surface area contributed by atoms with Crippen molar-refractivity contribution in [1.29, 1.82) is 5.26 Å². The summed E-state index contributed by atoms with van der Waals surface area (Å²) in [4.78, 5) is 4.25. The van der Waals surface area contributed by atoms with Gasteiger partial charge in [0.1, 0.15) is 11.9 Å². The van der Waals surface area contributed by atoms with Gasteiger partial charge in [0.15, 0.2) is 5.69 Å². The van der Waals surface area contributed by atoms with Crippen LogP contribution in [-0.4, -0.2) is 23.7 Å². The Morgan fingerprint density at radius 2 is 2.24 bits per heavy atom. The molecule has 0 saturated carbocycles. The van der Waals surface area contributed by atoms with E-state index in [9.17, 15) is 0 Å². The molecule has 21 heavy (non-hydrogen) atoms. The fraction of sp³-hybridized carbons (Fsp3) is 0.625. The van der Waals surface area contributed by atoms with Crippen molar-refractivity contribution in [3.63, 3.8) is 0 Å². The summed E-state index contributed by atoms with van der Waals surface area (Å²) < 4.78 is 5.92. The van der Waals surface area contributed by atoms with E-state index in [1.54, 1.807) is 6.07 Å². The van der Waals surface area contributed by atoms with Gasteiger partial charge in [-0.1, -0.05) is 38.3 Å². The van der Waals surface area contributed by atoms with Crippen LogP contribution in [0.2, 0.25) is 5.02 Å². The first-order valence-corrected chi connectivity index (χ1v) is 8.00. The molecular formula is C16H22ClN3O. The van der Waals surface area contributed by atoms with E-state index in [1.165, 1.54) is 0 Å². The molecule has 0 bridgehead atoms. The van der Waals surface area contributed by atoms with Gasteiger partial charge in [-0.3, -0.25) is 0 Å². The second kappa shape index (κ2) is 7.63. The molecule has 1 aliphatic heterocycles. The number of nitriles is 1. The molecule has 0 amide bonds. The zero-order chi connectivity index (χ0) is 15.2. The van der Waals surface area contributed by atoms with Crippen LogP contribution in [0.15, 0.2) is 12.1 Å². The zero-order valence-electron chi connectivity index (χ0n) is 12.6. The molecular weight excluding hydrogens is 286 g/mol. The van der Waals surface area contributed by atoms with E-state index in [4.69, 9.17) is 21.6 Å². The molecule has 0 aromatic carbocycles. The van der Waals surface area contributed by atoms with Crippen LogP contribution in [-0.2, 0) is 4.74 Å². The summed E-state index contributed by atoms with van der Waals surface area (Å²) in [6, 6.07) is 5.89. The SMILES string of the molecule is CCC(CC)C1CC(Nc2ccc(Cl)c(C#N)n2)CCO1. The fourth-order valence-electron chi connectivity index (χ4n) is 2.91. The molecule has 114 valence electrons. The smallest absolute Gasteiger partial charge is 0.161 e. The first-order valence-electron chi connectivity index (χ1n) is 7.62. The third kappa shape index (κ3) is 4.09. The van der Waals surface area contributed by atoms with Crippen molar-refractivity contribution in [2.75, 3.05) is 11.9 Å². The average Bonchev–Trinajstić information content (AvgIpc) is 2.51. The Morgan fingerprint density at radius 3 is 2.90 bits per heavy atom. The van der Waals surface area contributed by atoms with E-state index >= 15 is 0 Å². The number of nitrogens with one attached hydrogen (secondary N) is 1. The Kier molecular flexibility index (Phi) is 5.84. The van der Waals surface area contributed by atoms with Gasteiger partial charge in [0.2, 0.25) is 0 Å². The van der Waals surface area contributed by atoms with Crippen LogP contribution >= 0.6 is 11.6 Å².